The summed E-state index contributed by atoms with van der Waals surface area (Å²) < 4.78 is 7.06. The van der Waals surface area contributed by atoms with Crippen LogP contribution in [0.1, 0.15) is 265 Å². The zero-order valence-electron chi connectivity index (χ0n) is 43.9. The van der Waals surface area contributed by atoms with E-state index in [0.29, 0.717) is 6.61 Å². The molecule has 0 spiro atoms. The molecule has 0 aromatic rings. The van der Waals surface area contributed by atoms with Crippen LogP contribution < -0.4 is 12.4 Å². The van der Waals surface area contributed by atoms with Gasteiger partial charge in [-0.1, -0.05) is 222 Å². The Morgan fingerprint density at radius 3 is 0.938 bits per heavy atom. The van der Waals surface area contributed by atoms with Gasteiger partial charge in [0, 0.05) is 0 Å². The first-order valence-corrected chi connectivity index (χ1v) is 27.7. The minimum absolute atomic E-state index is 0. The van der Waals surface area contributed by atoms with Crippen LogP contribution in [0.5, 0.6) is 0 Å². The van der Waals surface area contributed by atoms with Crippen LogP contribution >= 0.6 is 0 Å². The number of unbranched alkanes of at least 4 members (excludes halogenated alkanes) is 27. The quantitative estimate of drug-likeness (QED) is 0.0263. The Hall–Kier alpha value is -1.84. The molecule has 0 aliphatic rings. The van der Waals surface area contributed by atoms with E-state index >= 15 is 0 Å². The minimum atomic E-state index is -0.374. The molecule has 0 N–H and O–H groups in total. The molecule has 0 bridgehead atoms. The number of carbonyl (C=O) groups is 1. The molecule has 1 atom stereocenters. The Morgan fingerprint density at radius 1 is 0.375 bits per heavy atom. The molecule has 0 saturated heterocycles. The van der Waals surface area contributed by atoms with E-state index in [1.54, 1.807) is 0 Å². The van der Waals surface area contributed by atoms with E-state index in [0.717, 1.165) is 68.8 Å². The molecule has 0 saturated carbocycles. The van der Waals surface area contributed by atoms with Crippen molar-refractivity contribution in [2.45, 2.75) is 265 Å². The van der Waals surface area contributed by atoms with Gasteiger partial charge >= 0.3 is 5.97 Å². The maximum atomic E-state index is 14.2. The number of ether oxygens (including phenoxy) is 1. The van der Waals surface area contributed by atoms with E-state index in [2.05, 4.69) is 115 Å². The van der Waals surface area contributed by atoms with Crippen molar-refractivity contribution in [1.82, 2.24) is 0 Å². The number of halogens is 1. The summed E-state index contributed by atoms with van der Waals surface area (Å²) in [5, 5.41) is 0. The summed E-state index contributed by atoms with van der Waals surface area (Å²) in [7, 11) is 6.80. The molecule has 0 radical (unpaired) electrons. The summed E-state index contributed by atoms with van der Waals surface area (Å²) in [6, 6.07) is 0. The highest BCUT2D eigenvalue weighted by Gasteiger charge is 2.43. The number of quaternary nitrogens is 1. The molecular formula is C60H110ClNO2. The molecule has 0 fully saturated rings. The topological polar surface area (TPSA) is 26.3 Å². The van der Waals surface area contributed by atoms with Crippen LogP contribution in [-0.4, -0.2) is 44.7 Å². The van der Waals surface area contributed by atoms with E-state index in [-0.39, 0.29) is 23.8 Å². The number of carbonyl (C=O) groups excluding carboxylic acids is 1. The Bertz CT molecular complexity index is 1090. The van der Waals surface area contributed by atoms with Crippen molar-refractivity contribution in [2.24, 2.45) is 5.41 Å². The Kier molecular flexibility index (Phi) is 50.8. The van der Waals surface area contributed by atoms with Gasteiger partial charge in [0.1, 0.15) is 5.41 Å². The lowest BCUT2D eigenvalue weighted by molar-refractivity contribution is -0.876. The maximum absolute atomic E-state index is 14.2. The minimum Gasteiger partial charge on any atom is -1.00 e. The third-order valence-corrected chi connectivity index (χ3v) is 12.5. The van der Waals surface area contributed by atoms with Crippen LogP contribution in [0.4, 0.5) is 0 Å². The zero-order valence-corrected chi connectivity index (χ0v) is 44.6. The predicted octanol–water partition coefficient (Wildman–Crippen LogP) is 16.4. The van der Waals surface area contributed by atoms with Crippen molar-refractivity contribution in [3.8, 4) is 0 Å². The SMILES string of the molecule is CCCCCC=CCC=CCCCCCCCCC(CCCCCCCC/C=C\C/C=C\CCCCC)(C[N+](C)(C)C)C(=O)OCCCCCCCC/C=C\C/C=C\CCCCC.[Cl-]. The monoisotopic (exact) mass is 912 g/mol. The number of hydrogen-bond acceptors (Lipinski definition) is 2. The van der Waals surface area contributed by atoms with Gasteiger partial charge in [-0.2, -0.15) is 0 Å². The fourth-order valence-electron chi connectivity index (χ4n) is 8.77. The largest absolute Gasteiger partial charge is 1.00 e. The molecule has 4 heteroatoms. The Morgan fingerprint density at radius 2 is 0.641 bits per heavy atom. The van der Waals surface area contributed by atoms with Crippen molar-refractivity contribution >= 4 is 5.97 Å². The normalized spacial score (nSPS) is 13.5. The van der Waals surface area contributed by atoms with Crippen LogP contribution in [0.3, 0.4) is 0 Å². The number of hydrogen-bond donors (Lipinski definition) is 0. The second kappa shape index (κ2) is 50.6. The molecule has 0 aromatic heterocycles. The van der Waals surface area contributed by atoms with Gasteiger partial charge in [0.05, 0.1) is 34.3 Å². The van der Waals surface area contributed by atoms with E-state index in [1.807, 2.05) is 0 Å². The van der Waals surface area contributed by atoms with Gasteiger partial charge in [-0.15, -0.1) is 0 Å². The summed E-state index contributed by atoms with van der Waals surface area (Å²) in [6.07, 6.45) is 74.9. The standard InChI is InChI=1S/C60H110NO2.ClH/c1-7-10-13-16-19-22-25-28-31-34-37-40-43-46-49-52-55-60(58-61(4,5)6,56-53-50-47-44-41-38-35-32-29-26-23-20-17-14-11-8-2)59(62)63-57-54-51-48-45-42-39-36-33-30-27-24-21-18-15-12-9-3;/h19-24,28-33H,7-18,25-27,34-58H2,1-6H3;1H/q+1;/p-1/b22-19-,23-20?,24-21-,31-28-,32-29?,33-30-;. The Balaban J connectivity index is 0. The summed E-state index contributed by atoms with van der Waals surface area (Å²) in [5.74, 6) is 0.100. The van der Waals surface area contributed by atoms with Gasteiger partial charge in [0.25, 0.3) is 0 Å². The van der Waals surface area contributed by atoms with Crippen LogP contribution in [0.2, 0.25) is 0 Å². The van der Waals surface area contributed by atoms with Crippen LogP contribution in [0.25, 0.3) is 0 Å². The summed E-state index contributed by atoms with van der Waals surface area (Å²) in [4.78, 5) is 14.2. The summed E-state index contributed by atoms with van der Waals surface area (Å²) in [6.45, 7) is 8.26. The Labute approximate surface area is 408 Å². The predicted molar refractivity (Wildman–Crippen MR) is 284 cm³/mol. The molecule has 374 valence electrons. The zero-order chi connectivity index (χ0) is 46.1. The lowest BCUT2D eigenvalue weighted by Gasteiger charge is -2.38. The van der Waals surface area contributed by atoms with Crippen LogP contribution in [-0.2, 0) is 9.53 Å². The second-order valence-electron chi connectivity index (χ2n) is 20.1. The molecule has 64 heavy (non-hydrogen) atoms. The highest BCUT2D eigenvalue weighted by Crippen LogP contribution is 2.36. The summed E-state index contributed by atoms with van der Waals surface area (Å²) >= 11 is 0. The molecule has 0 aliphatic heterocycles. The average molecular weight is 913 g/mol. The van der Waals surface area contributed by atoms with Crippen molar-refractivity contribution in [3.05, 3.63) is 72.9 Å². The van der Waals surface area contributed by atoms with Crippen molar-refractivity contribution < 1.29 is 26.4 Å². The molecule has 0 aromatic carbocycles. The fourth-order valence-corrected chi connectivity index (χ4v) is 8.77. The van der Waals surface area contributed by atoms with Gasteiger partial charge < -0.3 is 21.6 Å². The lowest BCUT2D eigenvalue weighted by atomic mass is 9.76. The van der Waals surface area contributed by atoms with Gasteiger partial charge in [0.15, 0.2) is 0 Å². The number of nitrogens with zero attached hydrogens (tertiary/aromatic N) is 1. The van der Waals surface area contributed by atoms with E-state index in [1.165, 1.54) is 186 Å². The van der Waals surface area contributed by atoms with Gasteiger partial charge in [-0.3, -0.25) is 4.79 Å². The average Bonchev–Trinajstić information content (AvgIpc) is 3.26. The molecule has 3 nitrogen and oxygen atoms in total. The van der Waals surface area contributed by atoms with Crippen molar-refractivity contribution in [2.75, 3.05) is 34.3 Å². The molecule has 0 aliphatic carbocycles. The molecule has 0 rings (SSSR count). The second-order valence-corrected chi connectivity index (χ2v) is 20.1. The van der Waals surface area contributed by atoms with Gasteiger partial charge in [-0.25, -0.2) is 0 Å². The maximum Gasteiger partial charge on any atom is 0.317 e. The first kappa shape index (κ1) is 64.2. The third-order valence-electron chi connectivity index (χ3n) is 12.5. The van der Waals surface area contributed by atoms with Crippen molar-refractivity contribution in [3.63, 3.8) is 0 Å². The van der Waals surface area contributed by atoms with Crippen molar-refractivity contribution in [1.29, 1.82) is 0 Å². The molecule has 0 heterocycles. The molecular weight excluding hydrogens is 802 g/mol. The van der Waals surface area contributed by atoms with E-state index in [4.69, 9.17) is 4.74 Å². The summed E-state index contributed by atoms with van der Waals surface area (Å²) in [5.41, 5.74) is -0.374. The fraction of sp³-hybridized carbons (Fsp3) is 0.783. The highest BCUT2D eigenvalue weighted by molar-refractivity contribution is 5.77. The van der Waals surface area contributed by atoms with Gasteiger partial charge in [0.2, 0.25) is 0 Å². The van der Waals surface area contributed by atoms with Crippen LogP contribution in [0.15, 0.2) is 72.9 Å². The van der Waals surface area contributed by atoms with E-state index in [9.17, 15) is 4.79 Å². The molecule has 1 unspecified atom stereocenters. The smallest absolute Gasteiger partial charge is 0.317 e. The highest BCUT2D eigenvalue weighted by atomic mass is 35.5. The molecule has 0 amide bonds. The number of rotatable bonds is 48. The van der Waals surface area contributed by atoms with Crippen LogP contribution in [0, 0.1) is 5.41 Å². The lowest BCUT2D eigenvalue weighted by Crippen LogP contribution is -3.00. The first-order chi connectivity index (χ1) is 30.8. The number of esters is 1. The first-order valence-electron chi connectivity index (χ1n) is 27.7. The number of allylic oxidation sites excluding steroid dienone is 12. The van der Waals surface area contributed by atoms with E-state index < -0.39 is 0 Å². The van der Waals surface area contributed by atoms with Gasteiger partial charge in [-0.05, 0) is 116 Å². The third kappa shape index (κ3) is 46.7.